The molecule has 0 bridgehead atoms. The zero-order valence-corrected chi connectivity index (χ0v) is 13.8. The van der Waals surface area contributed by atoms with Gasteiger partial charge >= 0.3 is 0 Å². The van der Waals surface area contributed by atoms with E-state index < -0.39 is 10.0 Å². The van der Waals surface area contributed by atoms with Crippen molar-refractivity contribution in [2.45, 2.75) is 31.6 Å². The van der Waals surface area contributed by atoms with Gasteiger partial charge in [-0.25, -0.2) is 8.42 Å². The minimum absolute atomic E-state index is 0.160. The predicted octanol–water partition coefficient (Wildman–Crippen LogP) is 4.57. The summed E-state index contributed by atoms with van der Waals surface area (Å²) >= 11 is 5.87. The topological polar surface area (TPSA) is 46.2 Å². The Balaban J connectivity index is 2.47. The first-order valence-corrected chi connectivity index (χ1v) is 8.55. The van der Waals surface area contributed by atoms with Gasteiger partial charge < -0.3 is 0 Å². The van der Waals surface area contributed by atoms with Gasteiger partial charge in [0.15, 0.2) is 0 Å². The summed E-state index contributed by atoms with van der Waals surface area (Å²) < 4.78 is 27.7. The van der Waals surface area contributed by atoms with Crippen LogP contribution in [0, 0.1) is 6.92 Å². The van der Waals surface area contributed by atoms with Gasteiger partial charge in [0.1, 0.15) is 0 Å². The van der Waals surface area contributed by atoms with Gasteiger partial charge in [0.25, 0.3) is 10.0 Å². The fourth-order valence-electron chi connectivity index (χ4n) is 2.14. The molecule has 1 N–H and O–H groups in total. The first-order chi connectivity index (χ1) is 9.81. The number of hydrogen-bond donors (Lipinski definition) is 1. The first kappa shape index (κ1) is 15.9. The highest BCUT2D eigenvalue weighted by Gasteiger charge is 2.18. The Morgan fingerprint density at radius 3 is 2.38 bits per heavy atom. The van der Waals surface area contributed by atoms with Crippen LogP contribution >= 0.6 is 11.6 Å². The zero-order chi connectivity index (χ0) is 15.6. The Kier molecular flexibility index (Phi) is 4.59. The third-order valence-corrected chi connectivity index (χ3v) is 4.85. The van der Waals surface area contributed by atoms with E-state index in [4.69, 9.17) is 11.6 Å². The lowest BCUT2D eigenvalue weighted by molar-refractivity contribution is 0.601. The summed E-state index contributed by atoms with van der Waals surface area (Å²) in [6.07, 6.45) is 0. The molecule has 112 valence electrons. The SMILES string of the molecule is Cc1cccc(C(C)C)c1NS(=O)(=O)c1cccc(Cl)c1. The first-order valence-electron chi connectivity index (χ1n) is 6.69. The molecule has 3 nitrogen and oxygen atoms in total. The molecule has 0 unspecified atom stereocenters. The molecule has 0 radical (unpaired) electrons. The summed E-state index contributed by atoms with van der Waals surface area (Å²) in [5.74, 6) is 0.224. The van der Waals surface area contributed by atoms with E-state index in [1.165, 1.54) is 12.1 Å². The van der Waals surface area contributed by atoms with Crippen LogP contribution in [0.3, 0.4) is 0 Å². The molecule has 5 heteroatoms. The summed E-state index contributed by atoms with van der Waals surface area (Å²) in [5, 5.41) is 0.395. The van der Waals surface area contributed by atoms with E-state index >= 15 is 0 Å². The Labute approximate surface area is 131 Å². The Morgan fingerprint density at radius 2 is 1.76 bits per heavy atom. The molecule has 0 atom stereocenters. The van der Waals surface area contributed by atoms with E-state index in [1.54, 1.807) is 12.1 Å². The van der Waals surface area contributed by atoms with Gasteiger partial charge in [0.05, 0.1) is 10.6 Å². The maximum atomic E-state index is 12.5. The van der Waals surface area contributed by atoms with Crippen LogP contribution in [-0.2, 0) is 10.0 Å². The average Bonchev–Trinajstić information content (AvgIpc) is 2.40. The molecule has 0 saturated carbocycles. The van der Waals surface area contributed by atoms with Crippen LogP contribution in [0.4, 0.5) is 5.69 Å². The molecular formula is C16H18ClNO2S. The van der Waals surface area contributed by atoms with Gasteiger partial charge in [-0.1, -0.05) is 49.7 Å². The normalized spacial score (nSPS) is 11.7. The molecule has 0 aromatic heterocycles. The van der Waals surface area contributed by atoms with E-state index in [9.17, 15) is 8.42 Å². The van der Waals surface area contributed by atoms with Crippen LogP contribution in [-0.4, -0.2) is 8.42 Å². The Bertz CT molecular complexity index is 755. The quantitative estimate of drug-likeness (QED) is 0.895. The van der Waals surface area contributed by atoms with Crippen LogP contribution in [0.1, 0.15) is 30.9 Å². The van der Waals surface area contributed by atoms with Crippen LogP contribution in [0.5, 0.6) is 0 Å². The van der Waals surface area contributed by atoms with Gasteiger partial charge in [-0.05, 0) is 42.2 Å². The standard InChI is InChI=1S/C16H18ClNO2S/c1-11(2)15-9-4-6-12(3)16(15)18-21(19,20)14-8-5-7-13(17)10-14/h4-11,18H,1-3H3. The van der Waals surface area contributed by atoms with Crippen molar-refractivity contribution in [1.82, 2.24) is 0 Å². The maximum absolute atomic E-state index is 12.5. The van der Waals surface area contributed by atoms with E-state index in [2.05, 4.69) is 4.72 Å². The number of nitrogens with one attached hydrogen (secondary N) is 1. The number of rotatable bonds is 4. The van der Waals surface area contributed by atoms with Gasteiger partial charge in [0, 0.05) is 5.02 Å². The molecule has 2 aromatic rings. The number of sulfonamides is 1. The van der Waals surface area contributed by atoms with E-state index in [-0.39, 0.29) is 10.8 Å². The Morgan fingerprint density at radius 1 is 1.10 bits per heavy atom. The van der Waals surface area contributed by atoms with Gasteiger partial charge in [-0.15, -0.1) is 0 Å². The molecule has 0 fully saturated rings. The molecule has 0 aliphatic carbocycles. The minimum Gasteiger partial charge on any atom is -0.279 e. The molecular weight excluding hydrogens is 306 g/mol. The van der Waals surface area contributed by atoms with Crippen LogP contribution in [0.2, 0.25) is 5.02 Å². The number of hydrogen-bond acceptors (Lipinski definition) is 2. The predicted molar refractivity (Wildman–Crippen MR) is 87.5 cm³/mol. The second-order valence-corrected chi connectivity index (χ2v) is 7.38. The van der Waals surface area contributed by atoms with Crippen LogP contribution in [0.15, 0.2) is 47.4 Å². The highest BCUT2D eigenvalue weighted by atomic mass is 35.5. The van der Waals surface area contributed by atoms with Crippen LogP contribution in [0.25, 0.3) is 0 Å². The molecule has 0 saturated heterocycles. The average molecular weight is 324 g/mol. The van der Waals surface area contributed by atoms with Crippen molar-refractivity contribution in [3.8, 4) is 0 Å². The summed E-state index contributed by atoms with van der Waals surface area (Å²) in [6.45, 7) is 5.96. The van der Waals surface area contributed by atoms with Crippen molar-refractivity contribution in [3.05, 3.63) is 58.6 Å². The molecule has 0 amide bonds. The lowest BCUT2D eigenvalue weighted by atomic mass is 9.99. The van der Waals surface area contributed by atoms with Crippen molar-refractivity contribution in [3.63, 3.8) is 0 Å². The monoisotopic (exact) mass is 323 g/mol. The van der Waals surface area contributed by atoms with Crippen molar-refractivity contribution < 1.29 is 8.42 Å². The van der Waals surface area contributed by atoms with Crippen molar-refractivity contribution in [2.75, 3.05) is 4.72 Å². The molecule has 21 heavy (non-hydrogen) atoms. The van der Waals surface area contributed by atoms with Gasteiger partial charge in [-0.3, -0.25) is 4.72 Å². The fourth-order valence-corrected chi connectivity index (χ4v) is 3.60. The number of para-hydroxylation sites is 1. The van der Waals surface area contributed by atoms with Gasteiger partial charge in [-0.2, -0.15) is 0 Å². The van der Waals surface area contributed by atoms with Crippen molar-refractivity contribution >= 4 is 27.3 Å². The smallest absolute Gasteiger partial charge is 0.261 e. The largest absolute Gasteiger partial charge is 0.279 e. The summed E-state index contributed by atoms with van der Waals surface area (Å²) in [5.41, 5.74) is 2.51. The molecule has 2 aromatic carbocycles. The number of halogens is 1. The van der Waals surface area contributed by atoms with Crippen LogP contribution < -0.4 is 4.72 Å². The van der Waals surface area contributed by atoms with Crippen molar-refractivity contribution in [2.24, 2.45) is 0 Å². The lowest BCUT2D eigenvalue weighted by Gasteiger charge is -2.17. The maximum Gasteiger partial charge on any atom is 0.261 e. The molecule has 0 aliphatic heterocycles. The summed E-state index contributed by atoms with van der Waals surface area (Å²) in [7, 11) is -3.65. The highest BCUT2D eigenvalue weighted by molar-refractivity contribution is 7.92. The van der Waals surface area contributed by atoms with E-state index in [1.807, 2.05) is 39.0 Å². The lowest BCUT2D eigenvalue weighted by Crippen LogP contribution is -2.15. The fraction of sp³-hybridized carbons (Fsp3) is 0.250. The van der Waals surface area contributed by atoms with Gasteiger partial charge in [0.2, 0.25) is 0 Å². The third kappa shape index (κ3) is 3.57. The molecule has 2 rings (SSSR count). The zero-order valence-electron chi connectivity index (χ0n) is 12.2. The number of anilines is 1. The van der Waals surface area contributed by atoms with Crippen molar-refractivity contribution in [1.29, 1.82) is 0 Å². The second-order valence-electron chi connectivity index (χ2n) is 5.26. The molecule has 0 heterocycles. The number of aryl methyl sites for hydroxylation is 1. The second kappa shape index (κ2) is 6.08. The molecule has 0 spiro atoms. The van der Waals surface area contributed by atoms with E-state index in [0.717, 1.165) is 11.1 Å². The third-order valence-electron chi connectivity index (χ3n) is 3.27. The minimum atomic E-state index is -3.65. The van der Waals surface area contributed by atoms with E-state index in [0.29, 0.717) is 10.7 Å². The summed E-state index contributed by atoms with van der Waals surface area (Å²) in [6, 6.07) is 12.0. The molecule has 0 aliphatic rings. The summed E-state index contributed by atoms with van der Waals surface area (Å²) in [4.78, 5) is 0.160. The number of benzene rings is 2. The Hall–Kier alpha value is -1.52. The highest BCUT2D eigenvalue weighted by Crippen LogP contribution is 2.29.